The number of rotatable bonds is 7. The Morgan fingerprint density at radius 1 is 1.10 bits per heavy atom. The number of ether oxygens (including phenoxy) is 1. The van der Waals surface area contributed by atoms with Crippen LogP contribution in [0.1, 0.15) is 23.1 Å². The van der Waals surface area contributed by atoms with Crippen LogP contribution in [-0.4, -0.2) is 42.4 Å². The molecule has 0 aliphatic carbocycles. The molecule has 1 heterocycles. The van der Waals surface area contributed by atoms with Crippen molar-refractivity contribution in [2.45, 2.75) is 26.7 Å². The Kier molecular flexibility index (Phi) is 6.65. The fraction of sp³-hybridized carbons (Fsp3) is 0.348. The van der Waals surface area contributed by atoms with Crippen molar-refractivity contribution in [3.63, 3.8) is 0 Å². The second-order valence-electron chi connectivity index (χ2n) is 7.38. The van der Waals surface area contributed by atoms with Gasteiger partial charge in [-0.3, -0.25) is 14.4 Å². The fourth-order valence-corrected chi connectivity index (χ4v) is 3.38. The summed E-state index contributed by atoms with van der Waals surface area (Å²) in [5, 5.41) is 2.76. The van der Waals surface area contributed by atoms with E-state index in [2.05, 4.69) is 5.32 Å². The van der Waals surface area contributed by atoms with Crippen molar-refractivity contribution in [2.75, 3.05) is 25.0 Å². The second kappa shape index (κ2) is 9.37. The molecule has 1 N–H and O–H groups in total. The number of hydrogen-bond acceptors (Lipinski definition) is 4. The molecule has 0 saturated carbocycles. The Bertz CT molecular complexity index is 895. The standard InChI is InChI=1S/C23H26N2O4/c1-16-7-6-10-20(17(16)2)24-21(26)15-29-23(28)19-13-22(27)25(14-19)12-11-18-8-4-3-5-9-18/h3-10,19H,11-15H2,1-2H3,(H,24,26)/t19-/m1/s1. The molecular formula is C23H26N2O4. The third-order valence-corrected chi connectivity index (χ3v) is 5.29. The Morgan fingerprint density at radius 3 is 2.62 bits per heavy atom. The second-order valence-corrected chi connectivity index (χ2v) is 7.38. The number of benzene rings is 2. The minimum absolute atomic E-state index is 0.0530. The highest BCUT2D eigenvalue weighted by Crippen LogP contribution is 2.20. The maximum Gasteiger partial charge on any atom is 0.311 e. The maximum absolute atomic E-state index is 12.3. The van der Waals surface area contributed by atoms with Crippen LogP contribution in [0.2, 0.25) is 0 Å². The lowest BCUT2D eigenvalue weighted by Crippen LogP contribution is -2.29. The molecule has 6 heteroatoms. The summed E-state index contributed by atoms with van der Waals surface area (Å²) in [4.78, 5) is 38.3. The number of carbonyl (C=O) groups excluding carboxylic acids is 3. The molecule has 3 rings (SSSR count). The summed E-state index contributed by atoms with van der Waals surface area (Å²) in [7, 11) is 0. The van der Waals surface area contributed by atoms with Gasteiger partial charge in [0.05, 0.1) is 5.92 Å². The van der Waals surface area contributed by atoms with E-state index in [0.29, 0.717) is 18.8 Å². The van der Waals surface area contributed by atoms with Crippen LogP contribution in [0.5, 0.6) is 0 Å². The predicted molar refractivity (Wildman–Crippen MR) is 110 cm³/mol. The molecule has 0 unspecified atom stereocenters. The van der Waals surface area contributed by atoms with Crippen molar-refractivity contribution < 1.29 is 19.1 Å². The molecule has 2 aromatic carbocycles. The molecule has 2 aromatic rings. The summed E-state index contributed by atoms with van der Waals surface area (Å²) < 4.78 is 5.16. The van der Waals surface area contributed by atoms with Gasteiger partial charge in [-0.25, -0.2) is 0 Å². The van der Waals surface area contributed by atoms with E-state index >= 15 is 0 Å². The Hall–Kier alpha value is -3.15. The van der Waals surface area contributed by atoms with Crippen LogP contribution in [0.15, 0.2) is 48.5 Å². The lowest BCUT2D eigenvalue weighted by molar-refractivity contribution is -0.151. The molecule has 1 aliphatic heterocycles. The van der Waals surface area contributed by atoms with Gasteiger partial charge < -0.3 is 15.0 Å². The van der Waals surface area contributed by atoms with Crippen molar-refractivity contribution in [3.05, 3.63) is 65.2 Å². The van der Waals surface area contributed by atoms with Crippen LogP contribution < -0.4 is 5.32 Å². The van der Waals surface area contributed by atoms with E-state index in [1.165, 1.54) is 0 Å². The number of esters is 1. The molecule has 2 amide bonds. The van der Waals surface area contributed by atoms with Gasteiger partial charge in [0.1, 0.15) is 0 Å². The van der Waals surface area contributed by atoms with Crippen LogP contribution in [0, 0.1) is 19.8 Å². The van der Waals surface area contributed by atoms with Crippen molar-refractivity contribution in [2.24, 2.45) is 5.92 Å². The highest BCUT2D eigenvalue weighted by Gasteiger charge is 2.35. The average Bonchev–Trinajstić information content (AvgIpc) is 3.09. The summed E-state index contributed by atoms with van der Waals surface area (Å²) in [5.41, 5.74) is 3.89. The first kappa shape index (κ1) is 20.6. The first-order chi connectivity index (χ1) is 13.9. The molecule has 1 aliphatic rings. The van der Waals surface area contributed by atoms with Crippen molar-refractivity contribution >= 4 is 23.5 Å². The molecule has 0 bridgehead atoms. The number of likely N-dealkylation sites (tertiary alicyclic amines) is 1. The molecule has 0 radical (unpaired) electrons. The van der Waals surface area contributed by atoms with Crippen LogP contribution in [0.3, 0.4) is 0 Å². The molecular weight excluding hydrogens is 368 g/mol. The Balaban J connectivity index is 1.45. The molecule has 6 nitrogen and oxygen atoms in total. The molecule has 152 valence electrons. The zero-order valence-electron chi connectivity index (χ0n) is 16.8. The van der Waals surface area contributed by atoms with E-state index in [9.17, 15) is 14.4 Å². The third kappa shape index (κ3) is 5.44. The largest absolute Gasteiger partial charge is 0.455 e. The van der Waals surface area contributed by atoms with E-state index in [4.69, 9.17) is 4.74 Å². The smallest absolute Gasteiger partial charge is 0.311 e. The van der Waals surface area contributed by atoms with Gasteiger partial charge in [0, 0.05) is 25.2 Å². The Morgan fingerprint density at radius 2 is 1.86 bits per heavy atom. The summed E-state index contributed by atoms with van der Waals surface area (Å²) in [6, 6.07) is 15.5. The number of nitrogens with zero attached hydrogens (tertiary/aromatic N) is 1. The van der Waals surface area contributed by atoms with E-state index < -0.39 is 17.8 Å². The summed E-state index contributed by atoms with van der Waals surface area (Å²) in [6.45, 7) is 4.43. The number of hydrogen-bond donors (Lipinski definition) is 1. The summed E-state index contributed by atoms with van der Waals surface area (Å²) in [6.07, 6.45) is 0.874. The lowest BCUT2D eigenvalue weighted by Gasteiger charge is -2.16. The highest BCUT2D eigenvalue weighted by molar-refractivity contribution is 5.94. The molecule has 1 fully saturated rings. The minimum atomic E-state index is -0.522. The number of carbonyl (C=O) groups is 3. The van der Waals surface area contributed by atoms with Gasteiger partial charge in [0.2, 0.25) is 5.91 Å². The van der Waals surface area contributed by atoms with Gasteiger partial charge in [-0.05, 0) is 43.0 Å². The number of amides is 2. The number of nitrogens with one attached hydrogen (secondary N) is 1. The van der Waals surface area contributed by atoms with Crippen molar-refractivity contribution in [3.8, 4) is 0 Å². The van der Waals surface area contributed by atoms with Gasteiger partial charge in [0.15, 0.2) is 6.61 Å². The Labute approximate surface area is 170 Å². The normalized spacial score (nSPS) is 16.0. The fourth-order valence-electron chi connectivity index (χ4n) is 3.38. The highest BCUT2D eigenvalue weighted by atomic mass is 16.5. The van der Waals surface area contributed by atoms with Crippen LogP contribution in [-0.2, 0) is 25.5 Å². The van der Waals surface area contributed by atoms with Gasteiger partial charge in [-0.15, -0.1) is 0 Å². The SMILES string of the molecule is Cc1cccc(NC(=O)COC(=O)[C@@H]2CC(=O)N(CCc3ccccc3)C2)c1C. The first-order valence-corrected chi connectivity index (χ1v) is 9.78. The van der Waals surface area contributed by atoms with Crippen molar-refractivity contribution in [1.29, 1.82) is 0 Å². The number of anilines is 1. The first-order valence-electron chi connectivity index (χ1n) is 9.78. The third-order valence-electron chi connectivity index (χ3n) is 5.29. The monoisotopic (exact) mass is 394 g/mol. The maximum atomic E-state index is 12.3. The van der Waals surface area contributed by atoms with E-state index in [-0.39, 0.29) is 18.9 Å². The zero-order chi connectivity index (χ0) is 20.8. The van der Waals surface area contributed by atoms with Gasteiger partial charge in [-0.2, -0.15) is 0 Å². The van der Waals surface area contributed by atoms with Crippen molar-refractivity contribution in [1.82, 2.24) is 4.90 Å². The van der Waals surface area contributed by atoms with Crippen LogP contribution in [0.4, 0.5) is 5.69 Å². The molecule has 1 atom stereocenters. The topological polar surface area (TPSA) is 75.7 Å². The summed E-state index contributed by atoms with van der Waals surface area (Å²) >= 11 is 0. The predicted octanol–water partition coefficient (Wildman–Crippen LogP) is 2.88. The van der Waals surface area contributed by atoms with Crippen LogP contribution in [0.25, 0.3) is 0 Å². The van der Waals surface area contributed by atoms with E-state index in [1.807, 2.05) is 62.4 Å². The van der Waals surface area contributed by atoms with Gasteiger partial charge >= 0.3 is 5.97 Å². The summed E-state index contributed by atoms with van der Waals surface area (Å²) in [5.74, 6) is -1.47. The molecule has 29 heavy (non-hydrogen) atoms. The minimum Gasteiger partial charge on any atom is -0.455 e. The lowest BCUT2D eigenvalue weighted by atomic mass is 10.1. The average molecular weight is 394 g/mol. The molecule has 0 spiro atoms. The van der Waals surface area contributed by atoms with Crippen LogP contribution >= 0.6 is 0 Å². The zero-order valence-corrected chi connectivity index (χ0v) is 16.8. The van der Waals surface area contributed by atoms with Gasteiger partial charge in [0.25, 0.3) is 5.91 Å². The number of aryl methyl sites for hydroxylation is 1. The quantitative estimate of drug-likeness (QED) is 0.733. The molecule has 0 aromatic heterocycles. The van der Waals surface area contributed by atoms with Gasteiger partial charge in [-0.1, -0.05) is 42.5 Å². The molecule has 1 saturated heterocycles. The van der Waals surface area contributed by atoms with E-state index in [1.54, 1.807) is 4.90 Å². The van der Waals surface area contributed by atoms with E-state index in [0.717, 1.165) is 23.1 Å².